The van der Waals surface area contributed by atoms with E-state index in [-0.39, 0.29) is 41.6 Å². The van der Waals surface area contributed by atoms with Gasteiger partial charge in [-0.25, -0.2) is 17.9 Å². The Morgan fingerprint density at radius 3 is 2.39 bits per heavy atom. The summed E-state index contributed by atoms with van der Waals surface area (Å²) in [4.78, 5) is 23.6. The number of ether oxygens (including phenoxy) is 3. The maximum absolute atomic E-state index is 13.0. The number of amides is 2. The van der Waals surface area contributed by atoms with Gasteiger partial charge >= 0.3 is 18.1 Å². The summed E-state index contributed by atoms with van der Waals surface area (Å²) in [5.41, 5.74) is 0.462. The molecular formula is C18H24FN5O6S. The SMILES string of the molecule is CCCc1cccc(OCCCF)c1S(=O)(=O)NC(=O)Nc1nc(OC)nc(OC)n1. The summed E-state index contributed by atoms with van der Waals surface area (Å²) in [7, 11) is -1.74. The second-order valence-electron chi connectivity index (χ2n) is 6.08. The van der Waals surface area contributed by atoms with Crippen molar-refractivity contribution in [2.45, 2.75) is 31.1 Å². The Morgan fingerprint density at radius 2 is 1.81 bits per heavy atom. The molecule has 1 heterocycles. The molecule has 0 saturated heterocycles. The monoisotopic (exact) mass is 457 g/mol. The Labute approximate surface area is 179 Å². The zero-order valence-electron chi connectivity index (χ0n) is 17.3. The summed E-state index contributed by atoms with van der Waals surface area (Å²) < 4.78 is 55.5. The minimum absolute atomic E-state index is 0.00869. The highest BCUT2D eigenvalue weighted by Gasteiger charge is 2.26. The van der Waals surface area contributed by atoms with Gasteiger partial charge in [0.05, 0.1) is 27.5 Å². The van der Waals surface area contributed by atoms with Gasteiger partial charge in [-0.2, -0.15) is 9.97 Å². The standard InChI is InChI=1S/C18H24FN5O6S/c1-4-7-12-8-5-9-13(30-11-6-10-19)14(12)31(26,27)24-16(25)20-15-21-17(28-2)23-18(22-15)29-3/h5,8-9H,4,6-7,10-11H2,1-3H3,(H2,20,21,22,23,24,25). The Bertz CT molecular complexity index is 983. The van der Waals surface area contributed by atoms with Crippen molar-refractivity contribution in [2.24, 2.45) is 0 Å². The number of alkyl halides is 1. The number of urea groups is 1. The van der Waals surface area contributed by atoms with Crippen molar-refractivity contribution in [2.75, 3.05) is 32.8 Å². The van der Waals surface area contributed by atoms with Crippen LogP contribution >= 0.6 is 0 Å². The zero-order valence-corrected chi connectivity index (χ0v) is 18.2. The second kappa shape index (κ2) is 11.2. The molecule has 1 aromatic carbocycles. The first-order chi connectivity index (χ1) is 14.8. The largest absolute Gasteiger partial charge is 0.492 e. The summed E-state index contributed by atoms with van der Waals surface area (Å²) in [6.45, 7) is 1.27. The van der Waals surface area contributed by atoms with Crippen molar-refractivity contribution in [1.82, 2.24) is 19.7 Å². The number of nitrogens with one attached hydrogen (secondary N) is 2. The predicted molar refractivity (Wildman–Crippen MR) is 109 cm³/mol. The van der Waals surface area contributed by atoms with Crippen molar-refractivity contribution < 1.29 is 31.8 Å². The average molecular weight is 457 g/mol. The van der Waals surface area contributed by atoms with Crippen LogP contribution in [0, 0.1) is 0 Å². The normalized spacial score (nSPS) is 11.0. The first kappa shape index (κ1) is 24.1. The third-order valence-corrected chi connectivity index (χ3v) is 5.25. The number of hydrogen-bond donors (Lipinski definition) is 2. The lowest BCUT2D eigenvalue weighted by Gasteiger charge is -2.16. The lowest BCUT2D eigenvalue weighted by molar-refractivity contribution is 0.256. The molecule has 13 heteroatoms. The number of benzene rings is 1. The number of sulfonamides is 1. The molecule has 0 aliphatic rings. The van der Waals surface area contributed by atoms with Crippen LogP contribution < -0.4 is 24.2 Å². The van der Waals surface area contributed by atoms with Gasteiger partial charge in [-0.05, 0) is 18.1 Å². The van der Waals surface area contributed by atoms with Crippen LogP contribution in [-0.4, -0.2) is 56.9 Å². The van der Waals surface area contributed by atoms with Crippen molar-refractivity contribution >= 4 is 22.0 Å². The molecule has 0 atom stereocenters. The topological polar surface area (TPSA) is 142 Å². The summed E-state index contributed by atoms with van der Waals surface area (Å²) in [6, 6.07) is 3.32. The number of carbonyl (C=O) groups excluding carboxylic acids is 1. The van der Waals surface area contributed by atoms with E-state index < -0.39 is 22.7 Å². The molecule has 1 aromatic heterocycles. The van der Waals surface area contributed by atoms with Crippen molar-refractivity contribution in [1.29, 1.82) is 0 Å². The molecular weight excluding hydrogens is 433 g/mol. The van der Waals surface area contributed by atoms with Crippen LogP contribution in [0.4, 0.5) is 15.1 Å². The van der Waals surface area contributed by atoms with E-state index in [4.69, 9.17) is 14.2 Å². The summed E-state index contributed by atoms with van der Waals surface area (Å²) in [5.74, 6) is -0.249. The Morgan fingerprint density at radius 1 is 1.13 bits per heavy atom. The third-order valence-electron chi connectivity index (χ3n) is 3.80. The summed E-state index contributed by atoms with van der Waals surface area (Å²) in [6.07, 6.45) is 1.20. The molecule has 0 aliphatic carbocycles. The molecule has 0 spiro atoms. The van der Waals surface area contributed by atoms with Gasteiger partial charge in [-0.15, -0.1) is 4.98 Å². The quantitative estimate of drug-likeness (QED) is 0.485. The Hall–Kier alpha value is -3.22. The van der Waals surface area contributed by atoms with Crippen LogP contribution in [0.2, 0.25) is 0 Å². The molecule has 0 aliphatic heterocycles. The first-order valence-electron chi connectivity index (χ1n) is 9.33. The highest BCUT2D eigenvalue weighted by molar-refractivity contribution is 7.90. The Kier molecular flexibility index (Phi) is 8.73. The van der Waals surface area contributed by atoms with Gasteiger partial charge in [0.1, 0.15) is 10.6 Å². The van der Waals surface area contributed by atoms with E-state index in [1.54, 1.807) is 12.1 Å². The summed E-state index contributed by atoms with van der Waals surface area (Å²) in [5, 5.41) is 2.20. The van der Waals surface area contributed by atoms with E-state index in [0.717, 1.165) is 0 Å². The number of aryl methyl sites for hydroxylation is 1. The van der Waals surface area contributed by atoms with Gasteiger partial charge < -0.3 is 14.2 Å². The number of halogens is 1. The van der Waals surface area contributed by atoms with Gasteiger partial charge in [-0.3, -0.25) is 9.71 Å². The van der Waals surface area contributed by atoms with E-state index in [1.165, 1.54) is 20.3 Å². The maximum Gasteiger partial charge on any atom is 0.335 e. The van der Waals surface area contributed by atoms with Gasteiger partial charge in [0, 0.05) is 6.42 Å². The zero-order chi connectivity index (χ0) is 22.9. The number of methoxy groups -OCH3 is 2. The Balaban J connectivity index is 2.29. The molecule has 0 fully saturated rings. The number of nitrogens with zero attached hydrogens (tertiary/aromatic N) is 3. The van der Waals surface area contributed by atoms with E-state index in [2.05, 4.69) is 20.3 Å². The van der Waals surface area contributed by atoms with Gasteiger partial charge in [-0.1, -0.05) is 25.5 Å². The van der Waals surface area contributed by atoms with E-state index in [9.17, 15) is 17.6 Å². The predicted octanol–water partition coefficient (Wildman–Crippen LogP) is 2.09. The minimum Gasteiger partial charge on any atom is -0.492 e. The smallest absolute Gasteiger partial charge is 0.335 e. The molecule has 170 valence electrons. The second-order valence-corrected chi connectivity index (χ2v) is 7.70. The van der Waals surface area contributed by atoms with Gasteiger partial charge in [0.15, 0.2) is 0 Å². The van der Waals surface area contributed by atoms with E-state index >= 15 is 0 Å². The molecule has 0 bridgehead atoms. The molecule has 2 aromatic rings. The number of carbonyl (C=O) groups is 1. The fourth-order valence-electron chi connectivity index (χ4n) is 2.56. The number of anilines is 1. The number of aromatic nitrogens is 3. The van der Waals surface area contributed by atoms with Gasteiger partial charge in [0.2, 0.25) is 5.95 Å². The first-order valence-corrected chi connectivity index (χ1v) is 10.8. The molecule has 2 amide bonds. The number of hydrogen-bond acceptors (Lipinski definition) is 9. The van der Waals surface area contributed by atoms with Gasteiger partial charge in [0.25, 0.3) is 10.0 Å². The van der Waals surface area contributed by atoms with Crippen LogP contribution in [0.25, 0.3) is 0 Å². The van der Waals surface area contributed by atoms with Crippen molar-refractivity contribution in [3.8, 4) is 17.8 Å². The molecule has 2 N–H and O–H groups in total. The van der Waals surface area contributed by atoms with Crippen molar-refractivity contribution in [3.63, 3.8) is 0 Å². The molecule has 31 heavy (non-hydrogen) atoms. The van der Waals surface area contributed by atoms with Crippen LogP contribution in [0.5, 0.6) is 17.8 Å². The molecule has 0 radical (unpaired) electrons. The fraction of sp³-hybridized carbons (Fsp3) is 0.444. The van der Waals surface area contributed by atoms with E-state index in [1.807, 2.05) is 11.6 Å². The highest BCUT2D eigenvalue weighted by atomic mass is 32.2. The molecule has 0 unspecified atom stereocenters. The van der Waals surface area contributed by atoms with Crippen molar-refractivity contribution in [3.05, 3.63) is 23.8 Å². The average Bonchev–Trinajstić information content (AvgIpc) is 2.73. The van der Waals surface area contributed by atoms with Crippen LogP contribution in [0.3, 0.4) is 0 Å². The van der Waals surface area contributed by atoms with Crippen LogP contribution in [0.1, 0.15) is 25.3 Å². The molecule has 2 rings (SSSR count). The summed E-state index contributed by atoms with van der Waals surface area (Å²) >= 11 is 0. The van der Waals surface area contributed by atoms with Crippen LogP contribution in [-0.2, 0) is 16.4 Å². The fourth-order valence-corrected chi connectivity index (χ4v) is 3.86. The van der Waals surface area contributed by atoms with E-state index in [0.29, 0.717) is 18.4 Å². The molecule has 11 nitrogen and oxygen atoms in total. The molecule has 0 saturated carbocycles. The minimum atomic E-state index is -4.35. The lowest BCUT2D eigenvalue weighted by Crippen LogP contribution is -2.35. The third kappa shape index (κ3) is 6.64. The number of rotatable bonds is 11. The lowest BCUT2D eigenvalue weighted by atomic mass is 10.1. The maximum atomic E-state index is 13.0. The van der Waals surface area contributed by atoms with Crippen LogP contribution in [0.15, 0.2) is 23.1 Å². The highest BCUT2D eigenvalue weighted by Crippen LogP contribution is 2.29.